The van der Waals surface area contributed by atoms with Crippen LogP contribution in [0.3, 0.4) is 0 Å². The Bertz CT molecular complexity index is 1660. The average Bonchev–Trinajstić information content (AvgIpc) is 3.37. The number of piperidine rings is 1. The third kappa shape index (κ3) is 7.06. The summed E-state index contributed by atoms with van der Waals surface area (Å²) in [6.07, 6.45) is 3.69. The summed E-state index contributed by atoms with van der Waals surface area (Å²) in [5.41, 5.74) is 8.35. The zero-order valence-corrected chi connectivity index (χ0v) is 25.4. The number of nitrogens with one attached hydrogen (secondary N) is 1. The molecule has 2 aromatic carbocycles. The zero-order valence-electron chi connectivity index (χ0n) is 25.4. The molecule has 0 unspecified atom stereocenters. The van der Waals surface area contributed by atoms with Crippen molar-refractivity contribution in [3.05, 3.63) is 82.4 Å². The molecular formula is C33H41N7O4. The third-order valence-electron chi connectivity index (χ3n) is 8.50. The molecule has 0 aliphatic carbocycles. The highest BCUT2D eigenvalue weighted by molar-refractivity contribution is 5.89. The van der Waals surface area contributed by atoms with Crippen molar-refractivity contribution < 1.29 is 14.7 Å². The summed E-state index contributed by atoms with van der Waals surface area (Å²) in [6, 6.07) is 17.7. The van der Waals surface area contributed by atoms with Gasteiger partial charge in [-0.2, -0.15) is 5.10 Å². The summed E-state index contributed by atoms with van der Waals surface area (Å²) in [5, 5.41) is 18.8. The Morgan fingerprint density at radius 3 is 2.45 bits per heavy atom. The van der Waals surface area contributed by atoms with Gasteiger partial charge in [-0.25, -0.2) is 4.98 Å². The second-order valence-corrected chi connectivity index (χ2v) is 11.8. The summed E-state index contributed by atoms with van der Waals surface area (Å²) in [7, 11) is 1.77. The van der Waals surface area contributed by atoms with E-state index in [1.807, 2.05) is 59.5 Å². The number of carbonyl (C=O) groups excluding carboxylic acids is 2. The molecule has 1 aliphatic rings. The van der Waals surface area contributed by atoms with Crippen molar-refractivity contribution in [2.75, 3.05) is 19.6 Å². The van der Waals surface area contributed by atoms with Crippen LogP contribution in [0, 0.1) is 0 Å². The zero-order chi connectivity index (χ0) is 31.3. The van der Waals surface area contributed by atoms with Gasteiger partial charge in [0.2, 0.25) is 11.8 Å². The van der Waals surface area contributed by atoms with Crippen molar-refractivity contribution in [1.29, 1.82) is 0 Å². The van der Waals surface area contributed by atoms with Crippen LogP contribution in [-0.4, -0.2) is 66.4 Å². The summed E-state index contributed by atoms with van der Waals surface area (Å²) >= 11 is 0. The van der Waals surface area contributed by atoms with E-state index in [1.165, 1.54) is 10.9 Å². The van der Waals surface area contributed by atoms with E-state index >= 15 is 0 Å². The Hall–Kier alpha value is -4.35. The summed E-state index contributed by atoms with van der Waals surface area (Å²) in [6.45, 7) is 3.89. The van der Waals surface area contributed by atoms with Gasteiger partial charge in [-0.3, -0.25) is 23.6 Å². The molecule has 1 fully saturated rings. The maximum absolute atomic E-state index is 13.5. The number of benzene rings is 2. The van der Waals surface area contributed by atoms with Gasteiger partial charge in [0, 0.05) is 45.1 Å². The van der Waals surface area contributed by atoms with Gasteiger partial charge in [0.05, 0.1) is 24.2 Å². The standard InChI is InChI=1S/C33H41N7O4/c1-23(25-7-4-3-5-8-25)19-28(42)39-17-14-33(44,15-18-39)21-40-22-36-29-30(32(40)43)37-38(2)31(29)26-12-10-24(11-13-26)20-35-27(41)9-6-16-34/h3-5,7-8,10-13,22-23,44H,6,9,14-21,34H2,1-2H3,(H,35,41)/t23-/m1/s1. The first-order chi connectivity index (χ1) is 21.2. The Balaban J connectivity index is 1.23. The summed E-state index contributed by atoms with van der Waals surface area (Å²) in [5.74, 6) is 0.154. The van der Waals surface area contributed by atoms with Crippen molar-refractivity contribution in [3.63, 3.8) is 0 Å². The second-order valence-electron chi connectivity index (χ2n) is 11.8. The van der Waals surface area contributed by atoms with Gasteiger partial charge in [-0.1, -0.05) is 61.5 Å². The van der Waals surface area contributed by atoms with Crippen LogP contribution in [0.15, 0.2) is 65.7 Å². The lowest BCUT2D eigenvalue weighted by Gasteiger charge is -2.38. The molecule has 0 saturated carbocycles. The molecule has 5 rings (SSSR count). The van der Waals surface area contributed by atoms with Gasteiger partial charge >= 0.3 is 0 Å². The minimum Gasteiger partial charge on any atom is -0.388 e. The number of hydrogen-bond acceptors (Lipinski definition) is 7. The quantitative estimate of drug-likeness (QED) is 0.240. The van der Waals surface area contributed by atoms with Gasteiger partial charge in [0.25, 0.3) is 5.56 Å². The number of nitrogens with two attached hydrogens (primary N) is 1. The Morgan fingerprint density at radius 1 is 1.07 bits per heavy atom. The van der Waals surface area contributed by atoms with E-state index in [4.69, 9.17) is 5.73 Å². The fraction of sp³-hybridized carbons (Fsp3) is 0.424. The van der Waals surface area contributed by atoms with Crippen LogP contribution < -0.4 is 16.6 Å². The molecule has 0 bridgehead atoms. The third-order valence-corrected chi connectivity index (χ3v) is 8.50. The van der Waals surface area contributed by atoms with Crippen molar-refractivity contribution in [2.45, 2.75) is 63.6 Å². The molecule has 44 heavy (non-hydrogen) atoms. The van der Waals surface area contributed by atoms with Crippen molar-refractivity contribution >= 4 is 22.8 Å². The number of nitrogens with zero attached hydrogens (tertiary/aromatic N) is 5. The Morgan fingerprint density at radius 2 is 1.77 bits per heavy atom. The van der Waals surface area contributed by atoms with Crippen LogP contribution in [0.25, 0.3) is 22.3 Å². The molecule has 11 nitrogen and oxygen atoms in total. The molecule has 1 aliphatic heterocycles. The predicted octanol–water partition coefficient (Wildman–Crippen LogP) is 2.70. The van der Waals surface area contributed by atoms with Gasteiger partial charge in [0.1, 0.15) is 5.52 Å². The lowest BCUT2D eigenvalue weighted by atomic mass is 9.90. The second kappa shape index (κ2) is 13.5. The molecule has 2 aromatic heterocycles. The number of hydrogen-bond donors (Lipinski definition) is 3. The molecule has 0 spiro atoms. The molecule has 0 radical (unpaired) electrons. The highest BCUT2D eigenvalue weighted by atomic mass is 16.3. The number of carbonyl (C=O) groups is 2. The topological polar surface area (TPSA) is 148 Å². The summed E-state index contributed by atoms with van der Waals surface area (Å²) < 4.78 is 3.06. The first-order valence-electron chi connectivity index (χ1n) is 15.2. The number of aryl methyl sites for hydroxylation is 1. The van der Waals surface area contributed by atoms with Gasteiger partial charge in [-0.05, 0) is 42.9 Å². The number of amides is 2. The lowest BCUT2D eigenvalue weighted by molar-refractivity contribution is -0.136. The fourth-order valence-corrected chi connectivity index (χ4v) is 5.80. The van der Waals surface area contributed by atoms with E-state index in [2.05, 4.69) is 22.3 Å². The molecule has 1 saturated heterocycles. The minimum atomic E-state index is -1.13. The molecule has 4 aromatic rings. The van der Waals surface area contributed by atoms with E-state index in [1.54, 1.807) is 11.7 Å². The van der Waals surface area contributed by atoms with Crippen LogP contribution in [0.2, 0.25) is 0 Å². The van der Waals surface area contributed by atoms with Crippen LogP contribution in [0.4, 0.5) is 0 Å². The van der Waals surface area contributed by atoms with E-state index in [-0.39, 0.29) is 35.4 Å². The molecule has 3 heterocycles. The van der Waals surface area contributed by atoms with E-state index in [0.29, 0.717) is 69.5 Å². The van der Waals surface area contributed by atoms with Crippen molar-refractivity contribution in [3.8, 4) is 11.3 Å². The van der Waals surface area contributed by atoms with Gasteiger partial charge < -0.3 is 21.1 Å². The monoisotopic (exact) mass is 599 g/mol. The van der Waals surface area contributed by atoms with Crippen molar-refractivity contribution in [1.82, 2.24) is 29.5 Å². The number of aliphatic hydroxyl groups is 1. The number of fused-ring (bicyclic) bond motifs is 1. The van der Waals surface area contributed by atoms with Crippen molar-refractivity contribution in [2.24, 2.45) is 12.8 Å². The maximum atomic E-state index is 13.5. The normalized spacial score (nSPS) is 15.3. The highest BCUT2D eigenvalue weighted by Gasteiger charge is 2.35. The van der Waals surface area contributed by atoms with Crippen LogP contribution in [0.5, 0.6) is 0 Å². The number of rotatable bonds is 11. The minimum absolute atomic E-state index is 0.0326. The van der Waals surface area contributed by atoms with Crippen LogP contribution in [-0.2, 0) is 29.7 Å². The lowest BCUT2D eigenvalue weighted by Crippen LogP contribution is -2.49. The van der Waals surface area contributed by atoms with E-state index < -0.39 is 5.60 Å². The smallest absolute Gasteiger partial charge is 0.281 e. The van der Waals surface area contributed by atoms with Gasteiger partial charge in [-0.15, -0.1) is 0 Å². The molecule has 1 atom stereocenters. The average molecular weight is 600 g/mol. The van der Waals surface area contributed by atoms with E-state index in [9.17, 15) is 19.5 Å². The van der Waals surface area contributed by atoms with Crippen LogP contribution in [0.1, 0.15) is 56.1 Å². The SMILES string of the molecule is C[C@H](CC(=O)N1CCC(O)(Cn2cnc3c(-c4ccc(CNC(=O)CCCN)cc4)n(C)nc3c2=O)CC1)c1ccccc1. The predicted molar refractivity (Wildman–Crippen MR) is 169 cm³/mol. The first kappa shape index (κ1) is 31.1. The molecule has 232 valence electrons. The summed E-state index contributed by atoms with van der Waals surface area (Å²) in [4.78, 5) is 44.7. The molecular weight excluding hydrogens is 558 g/mol. The van der Waals surface area contributed by atoms with Crippen LogP contribution >= 0.6 is 0 Å². The number of likely N-dealkylation sites (tertiary alicyclic amines) is 1. The highest BCUT2D eigenvalue weighted by Crippen LogP contribution is 2.28. The molecule has 11 heteroatoms. The Kier molecular flexibility index (Phi) is 9.55. The Labute approximate surface area is 256 Å². The maximum Gasteiger partial charge on any atom is 0.281 e. The number of aromatic nitrogens is 4. The van der Waals surface area contributed by atoms with Gasteiger partial charge in [0.15, 0.2) is 5.52 Å². The largest absolute Gasteiger partial charge is 0.388 e. The molecule has 2 amide bonds. The fourth-order valence-electron chi connectivity index (χ4n) is 5.80. The van der Waals surface area contributed by atoms with E-state index in [0.717, 1.165) is 16.7 Å². The first-order valence-corrected chi connectivity index (χ1v) is 15.2. The molecule has 4 N–H and O–H groups in total.